The van der Waals surface area contributed by atoms with Crippen molar-refractivity contribution in [3.63, 3.8) is 0 Å². The third kappa shape index (κ3) is 5.37. The molecule has 0 radical (unpaired) electrons. The SMILES string of the molecule is COc1ccc(CCN2C(=O)C(=Cc3cn(-c4ccccc4)nc3-c3ccc(C)cc3)SC2=S)cc1OC. The number of methoxy groups -OCH3 is 2. The van der Waals surface area contributed by atoms with E-state index in [0.29, 0.717) is 33.7 Å². The first-order valence-corrected chi connectivity index (χ1v) is 13.4. The Balaban J connectivity index is 1.42. The third-order valence-electron chi connectivity index (χ3n) is 6.32. The Bertz CT molecular complexity index is 1510. The molecule has 0 aliphatic carbocycles. The quantitative estimate of drug-likeness (QED) is 0.193. The fourth-order valence-electron chi connectivity index (χ4n) is 4.25. The molecule has 38 heavy (non-hydrogen) atoms. The van der Waals surface area contributed by atoms with Crippen molar-refractivity contribution in [2.75, 3.05) is 20.8 Å². The Kier molecular flexibility index (Phi) is 7.62. The molecule has 192 valence electrons. The number of benzene rings is 3. The zero-order valence-corrected chi connectivity index (χ0v) is 23.0. The highest BCUT2D eigenvalue weighted by Crippen LogP contribution is 2.35. The highest BCUT2D eigenvalue weighted by atomic mass is 32.2. The molecule has 0 spiro atoms. The monoisotopic (exact) mass is 541 g/mol. The molecule has 1 aliphatic rings. The van der Waals surface area contributed by atoms with Crippen LogP contribution in [0.5, 0.6) is 11.5 Å². The molecule has 6 nitrogen and oxygen atoms in total. The van der Waals surface area contributed by atoms with Gasteiger partial charge in [-0.05, 0) is 49.2 Å². The Morgan fingerprint density at radius 3 is 2.42 bits per heavy atom. The predicted octanol–water partition coefficient (Wildman–Crippen LogP) is 6.31. The Morgan fingerprint density at radius 1 is 0.974 bits per heavy atom. The molecule has 2 heterocycles. The maximum Gasteiger partial charge on any atom is 0.266 e. The van der Waals surface area contributed by atoms with E-state index in [4.69, 9.17) is 26.8 Å². The minimum absolute atomic E-state index is 0.0946. The molecule has 0 saturated carbocycles. The van der Waals surface area contributed by atoms with E-state index < -0.39 is 0 Å². The second-order valence-electron chi connectivity index (χ2n) is 8.85. The van der Waals surface area contributed by atoms with Gasteiger partial charge in [-0.2, -0.15) is 5.10 Å². The number of aryl methyl sites for hydroxylation is 1. The first-order valence-electron chi connectivity index (χ1n) is 12.1. The van der Waals surface area contributed by atoms with Crippen molar-refractivity contribution in [2.24, 2.45) is 0 Å². The topological polar surface area (TPSA) is 56.6 Å². The summed E-state index contributed by atoms with van der Waals surface area (Å²) in [6.45, 7) is 2.53. The van der Waals surface area contributed by atoms with Crippen LogP contribution in [-0.4, -0.2) is 45.7 Å². The number of ether oxygens (including phenoxy) is 2. The summed E-state index contributed by atoms with van der Waals surface area (Å²) in [5.74, 6) is 1.24. The summed E-state index contributed by atoms with van der Waals surface area (Å²) in [4.78, 5) is 15.7. The Labute approximate surface area is 231 Å². The van der Waals surface area contributed by atoms with Gasteiger partial charge in [0.2, 0.25) is 0 Å². The van der Waals surface area contributed by atoms with E-state index >= 15 is 0 Å². The van der Waals surface area contributed by atoms with E-state index in [1.54, 1.807) is 19.1 Å². The predicted molar refractivity (Wildman–Crippen MR) is 157 cm³/mol. The van der Waals surface area contributed by atoms with Crippen molar-refractivity contribution >= 4 is 40.3 Å². The number of carbonyl (C=O) groups is 1. The molecule has 1 aliphatic heterocycles. The van der Waals surface area contributed by atoms with Gasteiger partial charge in [0.15, 0.2) is 11.5 Å². The number of aromatic nitrogens is 2. The molecule has 8 heteroatoms. The second-order valence-corrected chi connectivity index (χ2v) is 10.5. The van der Waals surface area contributed by atoms with E-state index in [0.717, 1.165) is 28.1 Å². The minimum atomic E-state index is -0.0946. The normalized spacial score (nSPS) is 14.4. The molecule has 1 fully saturated rings. The zero-order valence-electron chi connectivity index (χ0n) is 21.4. The van der Waals surface area contributed by atoms with Gasteiger partial charge in [0.25, 0.3) is 5.91 Å². The van der Waals surface area contributed by atoms with Gasteiger partial charge in [-0.3, -0.25) is 9.69 Å². The lowest BCUT2D eigenvalue weighted by atomic mass is 10.1. The van der Waals surface area contributed by atoms with E-state index in [1.165, 1.54) is 17.3 Å². The van der Waals surface area contributed by atoms with Crippen molar-refractivity contribution in [3.05, 3.63) is 101 Å². The molecule has 5 rings (SSSR count). The first-order chi connectivity index (χ1) is 18.5. The molecule has 4 aromatic rings. The number of carbonyl (C=O) groups excluding carboxylic acids is 1. The van der Waals surface area contributed by atoms with Crippen molar-refractivity contribution in [1.82, 2.24) is 14.7 Å². The summed E-state index contributed by atoms with van der Waals surface area (Å²) < 4.78 is 13.1. The van der Waals surface area contributed by atoms with Crippen LogP contribution in [0.1, 0.15) is 16.7 Å². The van der Waals surface area contributed by atoms with Crippen molar-refractivity contribution in [2.45, 2.75) is 13.3 Å². The van der Waals surface area contributed by atoms with E-state index in [2.05, 4.69) is 31.2 Å². The van der Waals surface area contributed by atoms with Crippen LogP contribution in [0.25, 0.3) is 23.0 Å². The number of amides is 1. The number of thiocarbonyl (C=S) groups is 1. The number of rotatable bonds is 8. The molecule has 0 N–H and O–H groups in total. The number of thioether (sulfide) groups is 1. The van der Waals surface area contributed by atoms with Crippen molar-refractivity contribution < 1.29 is 14.3 Å². The fourth-order valence-corrected chi connectivity index (χ4v) is 5.55. The summed E-state index contributed by atoms with van der Waals surface area (Å²) >= 11 is 6.92. The third-order valence-corrected chi connectivity index (χ3v) is 7.70. The van der Waals surface area contributed by atoms with Crippen LogP contribution in [-0.2, 0) is 11.2 Å². The zero-order chi connectivity index (χ0) is 26.6. The largest absolute Gasteiger partial charge is 0.493 e. The van der Waals surface area contributed by atoms with E-state index in [1.807, 2.05) is 65.5 Å². The van der Waals surface area contributed by atoms with Gasteiger partial charge in [0.1, 0.15) is 4.32 Å². The summed E-state index contributed by atoms with van der Waals surface area (Å²) in [6.07, 6.45) is 4.50. The molecular formula is C30H27N3O3S2. The van der Waals surface area contributed by atoms with Gasteiger partial charge in [-0.1, -0.05) is 78.1 Å². The summed E-state index contributed by atoms with van der Waals surface area (Å²) in [5, 5.41) is 4.87. The molecule has 0 atom stereocenters. The van der Waals surface area contributed by atoms with Crippen LogP contribution in [0.3, 0.4) is 0 Å². The molecule has 3 aromatic carbocycles. The smallest absolute Gasteiger partial charge is 0.266 e. The lowest BCUT2D eigenvalue weighted by Gasteiger charge is -2.15. The molecule has 0 bridgehead atoms. The fraction of sp³-hybridized carbons (Fsp3) is 0.167. The number of hydrogen-bond acceptors (Lipinski definition) is 6. The Morgan fingerprint density at radius 2 is 1.71 bits per heavy atom. The van der Waals surface area contributed by atoms with Crippen LogP contribution in [0, 0.1) is 6.92 Å². The number of para-hydroxylation sites is 1. The highest BCUT2D eigenvalue weighted by molar-refractivity contribution is 8.26. The van der Waals surface area contributed by atoms with Crippen LogP contribution < -0.4 is 9.47 Å². The van der Waals surface area contributed by atoms with Crippen LogP contribution in [0.15, 0.2) is 83.9 Å². The average molecular weight is 542 g/mol. The molecule has 1 saturated heterocycles. The second kappa shape index (κ2) is 11.2. The van der Waals surface area contributed by atoms with E-state index in [-0.39, 0.29) is 5.91 Å². The Hall–Kier alpha value is -3.88. The van der Waals surface area contributed by atoms with Gasteiger partial charge < -0.3 is 9.47 Å². The summed E-state index contributed by atoms with van der Waals surface area (Å²) in [6, 6.07) is 23.9. The highest BCUT2D eigenvalue weighted by Gasteiger charge is 2.32. The van der Waals surface area contributed by atoms with Gasteiger partial charge in [0.05, 0.1) is 30.5 Å². The van der Waals surface area contributed by atoms with Gasteiger partial charge in [-0.25, -0.2) is 4.68 Å². The lowest BCUT2D eigenvalue weighted by Crippen LogP contribution is -2.30. The van der Waals surface area contributed by atoms with Gasteiger partial charge in [-0.15, -0.1) is 0 Å². The van der Waals surface area contributed by atoms with Gasteiger partial charge in [0, 0.05) is 23.9 Å². The summed E-state index contributed by atoms with van der Waals surface area (Å²) in [7, 11) is 3.22. The molecule has 1 aromatic heterocycles. The van der Waals surface area contributed by atoms with Crippen molar-refractivity contribution in [1.29, 1.82) is 0 Å². The standard InChI is InChI=1S/C30H27N3O3S2/c1-20-9-12-22(13-10-20)28-23(19-33(31-28)24-7-5-4-6-8-24)18-27-29(34)32(30(37)38-27)16-15-21-11-14-25(35-2)26(17-21)36-3/h4-14,17-19H,15-16H2,1-3H3. The molecular weight excluding hydrogens is 514 g/mol. The summed E-state index contributed by atoms with van der Waals surface area (Å²) in [5.41, 5.74) is 5.81. The van der Waals surface area contributed by atoms with Crippen LogP contribution in [0.4, 0.5) is 0 Å². The average Bonchev–Trinajstić information content (AvgIpc) is 3.48. The minimum Gasteiger partial charge on any atom is -0.493 e. The maximum atomic E-state index is 13.4. The van der Waals surface area contributed by atoms with Crippen LogP contribution >= 0.6 is 24.0 Å². The maximum absolute atomic E-state index is 13.4. The molecule has 1 amide bonds. The lowest BCUT2D eigenvalue weighted by molar-refractivity contribution is -0.122. The first kappa shape index (κ1) is 25.8. The number of hydrogen-bond donors (Lipinski definition) is 0. The number of nitrogens with zero attached hydrogens (tertiary/aromatic N) is 3. The van der Waals surface area contributed by atoms with E-state index in [9.17, 15) is 4.79 Å². The van der Waals surface area contributed by atoms with Crippen molar-refractivity contribution in [3.8, 4) is 28.4 Å². The van der Waals surface area contributed by atoms with Gasteiger partial charge >= 0.3 is 0 Å². The van der Waals surface area contributed by atoms with Crippen LogP contribution in [0.2, 0.25) is 0 Å². The molecule has 0 unspecified atom stereocenters.